The summed E-state index contributed by atoms with van der Waals surface area (Å²) in [5, 5.41) is 9.95. The number of aliphatic hydroxyl groups is 1. The van der Waals surface area contributed by atoms with E-state index in [9.17, 15) is 9.90 Å². The van der Waals surface area contributed by atoms with Crippen molar-refractivity contribution in [3.63, 3.8) is 0 Å². The van der Waals surface area contributed by atoms with Gasteiger partial charge < -0.3 is 5.11 Å². The van der Waals surface area contributed by atoms with Crippen molar-refractivity contribution in [1.29, 1.82) is 0 Å². The average molecular weight is 316 g/mol. The lowest BCUT2D eigenvalue weighted by Crippen LogP contribution is -2.55. The molecule has 5 atom stereocenters. The number of carbonyl (C=O) groups is 1. The summed E-state index contributed by atoms with van der Waals surface area (Å²) in [6.07, 6.45) is 9.86. The third kappa shape index (κ3) is 1.77. The molecule has 0 aromatic carbocycles. The minimum Gasteiger partial charge on any atom is -0.396 e. The molecule has 0 aromatic heterocycles. The van der Waals surface area contributed by atoms with Crippen LogP contribution in [-0.4, -0.2) is 17.5 Å². The van der Waals surface area contributed by atoms with Gasteiger partial charge in [0.05, 0.1) is 0 Å². The van der Waals surface area contributed by atoms with E-state index in [1.54, 1.807) is 0 Å². The number of aliphatic hydroxyl groups excluding tert-OH is 1. The normalized spacial score (nSPS) is 47.3. The quantitative estimate of drug-likeness (QED) is 0.813. The van der Waals surface area contributed by atoms with E-state index in [0.29, 0.717) is 30.1 Å². The van der Waals surface area contributed by atoms with Gasteiger partial charge in [-0.15, -0.1) is 0 Å². The first-order valence-corrected chi connectivity index (χ1v) is 9.81. The molecule has 2 nitrogen and oxygen atoms in total. The van der Waals surface area contributed by atoms with E-state index in [2.05, 4.69) is 20.8 Å². The third-order valence-electron chi connectivity index (χ3n) is 8.87. The number of fused-ring (bicyclic) bond motifs is 1. The van der Waals surface area contributed by atoms with Gasteiger partial charge in [-0.1, -0.05) is 38.7 Å². The van der Waals surface area contributed by atoms with E-state index in [-0.39, 0.29) is 10.8 Å². The van der Waals surface area contributed by atoms with Gasteiger partial charge in [-0.25, -0.2) is 0 Å². The summed E-state index contributed by atoms with van der Waals surface area (Å²) in [7, 11) is 0. The van der Waals surface area contributed by atoms with Crippen molar-refractivity contribution < 1.29 is 9.90 Å². The first-order valence-electron chi connectivity index (χ1n) is 9.81. The van der Waals surface area contributed by atoms with Crippen LogP contribution in [0.2, 0.25) is 0 Å². The molecule has 3 saturated carbocycles. The van der Waals surface area contributed by atoms with Crippen molar-refractivity contribution in [3.8, 4) is 0 Å². The predicted molar refractivity (Wildman–Crippen MR) is 91.9 cm³/mol. The van der Waals surface area contributed by atoms with Crippen molar-refractivity contribution in [1.82, 2.24) is 0 Å². The number of allylic oxidation sites excluding steroid dienone is 2. The molecule has 4 aliphatic rings. The van der Waals surface area contributed by atoms with Crippen molar-refractivity contribution in [3.05, 3.63) is 11.1 Å². The molecule has 4 aliphatic carbocycles. The minimum atomic E-state index is 0.0620. The van der Waals surface area contributed by atoms with Crippen LogP contribution in [0.3, 0.4) is 0 Å². The highest BCUT2D eigenvalue weighted by molar-refractivity contribution is 6.00. The number of rotatable bonds is 2. The van der Waals surface area contributed by atoms with Crippen LogP contribution in [0.1, 0.15) is 72.1 Å². The van der Waals surface area contributed by atoms with Crippen LogP contribution < -0.4 is 0 Å². The average Bonchev–Trinajstić information content (AvgIpc) is 2.91. The lowest BCUT2D eigenvalue weighted by molar-refractivity contribution is -0.132. The maximum Gasteiger partial charge on any atom is 0.159 e. The summed E-state index contributed by atoms with van der Waals surface area (Å²) >= 11 is 0. The predicted octanol–water partition coefficient (Wildman–Crippen LogP) is 4.52. The zero-order chi connectivity index (χ0) is 16.4. The van der Waals surface area contributed by atoms with E-state index in [1.807, 2.05) is 0 Å². The molecule has 2 bridgehead atoms. The summed E-state index contributed by atoms with van der Waals surface area (Å²) in [4.78, 5) is 12.7. The number of carbonyl (C=O) groups excluding carboxylic acids is 1. The first kappa shape index (κ1) is 15.9. The smallest absolute Gasteiger partial charge is 0.159 e. The highest BCUT2D eigenvalue weighted by atomic mass is 16.3. The molecule has 0 aliphatic heterocycles. The summed E-state index contributed by atoms with van der Waals surface area (Å²) < 4.78 is 0. The molecular formula is C21H32O2. The molecule has 1 spiro atoms. The molecule has 3 fully saturated rings. The summed E-state index contributed by atoms with van der Waals surface area (Å²) in [6, 6.07) is 0. The van der Waals surface area contributed by atoms with Crippen molar-refractivity contribution >= 4 is 5.78 Å². The SMILES string of the molecule is CC1=C2C[C@H]3C[C@H](CO)[C@@H](C)[C@]2(CC1=O)[C@@]3(C)C1CCCCC1. The Bertz CT molecular complexity index is 556. The van der Waals surface area contributed by atoms with Crippen molar-refractivity contribution in [2.24, 2.45) is 34.5 Å². The Hall–Kier alpha value is -0.630. The van der Waals surface area contributed by atoms with Gasteiger partial charge in [0.25, 0.3) is 0 Å². The Morgan fingerprint density at radius 1 is 1.17 bits per heavy atom. The molecule has 0 aromatic rings. The zero-order valence-electron chi connectivity index (χ0n) is 15.0. The number of hydrogen-bond acceptors (Lipinski definition) is 2. The molecule has 128 valence electrons. The zero-order valence-corrected chi connectivity index (χ0v) is 15.0. The Labute approximate surface area is 140 Å². The second kappa shape index (κ2) is 5.18. The lowest BCUT2D eigenvalue weighted by Gasteiger charge is -2.59. The first-order chi connectivity index (χ1) is 11.0. The highest BCUT2D eigenvalue weighted by Crippen LogP contribution is 2.76. The standard InChI is InChI=1S/C21H32O2/c1-13-18-10-17-9-15(12-22)14(2)21(18,11-19(13)23)20(17,3)16-7-5-4-6-8-16/h14-17,22H,4-12H2,1-3H3/t14-,15-,17-,20+,21+/m1/s1. The largest absolute Gasteiger partial charge is 0.396 e. The second-order valence-corrected chi connectivity index (χ2v) is 9.16. The van der Waals surface area contributed by atoms with Crippen LogP contribution in [0.15, 0.2) is 11.1 Å². The Balaban J connectivity index is 1.86. The topological polar surface area (TPSA) is 37.3 Å². The molecule has 0 radical (unpaired) electrons. The molecule has 0 saturated heterocycles. The molecule has 2 heteroatoms. The van der Waals surface area contributed by atoms with Gasteiger partial charge in [0, 0.05) is 18.4 Å². The third-order valence-corrected chi connectivity index (χ3v) is 8.87. The van der Waals surface area contributed by atoms with Crippen molar-refractivity contribution in [2.75, 3.05) is 6.61 Å². The molecule has 0 unspecified atom stereocenters. The van der Waals surface area contributed by atoms with Crippen molar-refractivity contribution in [2.45, 2.75) is 72.1 Å². The van der Waals surface area contributed by atoms with Crippen LogP contribution in [-0.2, 0) is 4.79 Å². The Morgan fingerprint density at radius 3 is 2.52 bits per heavy atom. The molecule has 1 N–H and O–H groups in total. The van der Waals surface area contributed by atoms with Gasteiger partial charge in [-0.05, 0) is 67.3 Å². The van der Waals surface area contributed by atoms with Gasteiger partial charge in [-0.2, -0.15) is 0 Å². The summed E-state index contributed by atoms with van der Waals surface area (Å²) in [5.41, 5.74) is 2.93. The fourth-order valence-electron chi connectivity index (χ4n) is 7.53. The maximum atomic E-state index is 12.7. The molecule has 4 rings (SSSR count). The van der Waals surface area contributed by atoms with E-state index >= 15 is 0 Å². The molecule has 0 amide bonds. The van der Waals surface area contributed by atoms with Gasteiger partial charge in [0.2, 0.25) is 0 Å². The van der Waals surface area contributed by atoms with Crippen LogP contribution in [0.5, 0.6) is 0 Å². The van der Waals surface area contributed by atoms with Gasteiger partial charge in [-0.3, -0.25) is 4.79 Å². The van der Waals surface area contributed by atoms with Crippen LogP contribution in [0.25, 0.3) is 0 Å². The summed E-state index contributed by atoms with van der Waals surface area (Å²) in [6.45, 7) is 7.25. The second-order valence-electron chi connectivity index (χ2n) is 9.16. The van der Waals surface area contributed by atoms with E-state index in [1.165, 1.54) is 37.7 Å². The fourth-order valence-corrected chi connectivity index (χ4v) is 7.53. The van der Waals surface area contributed by atoms with Crippen LogP contribution in [0.4, 0.5) is 0 Å². The molecular weight excluding hydrogens is 284 g/mol. The fraction of sp³-hybridized carbons (Fsp3) is 0.857. The van der Waals surface area contributed by atoms with E-state index in [0.717, 1.165) is 30.8 Å². The van der Waals surface area contributed by atoms with Crippen LogP contribution in [0, 0.1) is 34.5 Å². The van der Waals surface area contributed by atoms with E-state index < -0.39 is 0 Å². The van der Waals surface area contributed by atoms with Gasteiger partial charge in [0.1, 0.15) is 0 Å². The van der Waals surface area contributed by atoms with Gasteiger partial charge in [0.15, 0.2) is 5.78 Å². The highest BCUT2D eigenvalue weighted by Gasteiger charge is 2.70. The molecule has 23 heavy (non-hydrogen) atoms. The number of hydrogen-bond donors (Lipinski definition) is 1. The lowest BCUT2D eigenvalue weighted by atomic mass is 9.44. The van der Waals surface area contributed by atoms with Crippen LogP contribution >= 0.6 is 0 Å². The monoisotopic (exact) mass is 316 g/mol. The Morgan fingerprint density at radius 2 is 1.87 bits per heavy atom. The number of ketones is 1. The number of Topliss-reactive ketones (excluding diaryl/α,β-unsaturated/α-hetero) is 1. The minimum absolute atomic E-state index is 0.0620. The Kier molecular flexibility index (Phi) is 3.58. The van der Waals surface area contributed by atoms with Gasteiger partial charge >= 0.3 is 0 Å². The molecule has 0 heterocycles. The summed E-state index contributed by atoms with van der Waals surface area (Å²) in [5.74, 6) is 2.67. The maximum absolute atomic E-state index is 12.7. The van der Waals surface area contributed by atoms with E-state index in [4.69, 9.17) is 0 Å².